The summed E-state index contributed by atoms with van der Waals surface area (Å²) in [7, 11) is 0. The molecule has 0 saturated carbocycles. The molecule has 1 fully saturated rings. The maximum absolute atomic E-state index is 13.9. The van der Waals surface area contributed by atoms with Gasteiger partial charge in [-0.25, -0.2) is 4.79 Å². The van der Waals surface area contributed by atoms with Crippen LogP contribution in [0.5, 0.6) is 0 Å². The van der Waals surface area contributed by atoms with E-state index in [0.29, 0.717) is 19.5 Å². The summed E-state index contributed by atoms with van der Waals surface area (Å²) >= 11 is 0. The summed E-state index contributed by atoms with van der Waals surface area (Å²) in [4.78, 5) is 34.9. The highest BCUT2D eigenvalue weighted by Gasteiger charge is 2.29. The van der Waals surface area contributed by atoms with E-state index < -0.39 is 6.09 Å². The van der Waals surface area contributed by atoms with Crippen molar-refractivity contribution in [3.63, 3.8) is 0 Å². The molecule has 0 bridgehead atoms. The average Bonchev–Trinajstić information content (AvgIpc) is 3.28. The lowest BCUT2D eigenvalue weighted by Crippen LogP contribution is -2.48. The van der Waals surface area contributed by atoms with Crippen LogP contribution in [0.15, 0.2) is 115 Å². The third-order valence-electron chi connectivity index (χ3n) is 7.98. The molecule has 2 aliphatic rings. The summed E-state index contributed by atoms with van der Waals surface area (Å²) in [5.74, 6) is 0.0758. The number of ether oxygens (including phenoxy) is 1. The lowest BCUT2D eigenvalue weighted by Gasteiger charge is -2.39. The van der Waals surface area contributed by atoms with Gasteiger partial charge in [0.1, 0.15) is 6.61 Å². The van der Waals surface area contributed by atoms with E-state index in [2.05, 4.69) is 38.3 Å². The zero-order chi connectivity index (χ0) is 29.9. The molecular weight excluding hydrogens is 536 g/mol. The van der Waals surface area contributed by atoms with Crippen molar-refractivity contribution < 1.29 is 14.3 Å². The SMILES string of the molecule is Cc1ccc(C(=O)N(CC2=CC=CC(CNC(=O)OCc3ccccc3)=CC2)C2CCN(Cc3cccnc3)CC2)cc1. The van der Waals surface area contributed by atoms with Crippen LogP contribution in [0.2, 0.25) is 0 Å². The number of rotatable bonds is 10. The number of benzene rings is 2. The molecule has 2 amide bonds. The molecule has 43 heavy (non-hydrogen) atoms. The van der Waals surface area contributed by atoms with Crippen molar-refractivity contribution in [1.29, 1.82) is 0 Å². The summed E-state index contributed by atoms with van der Waals surface area (Å²) in [6, 6.07) is 21.8. The molecule has 7 nitrogen and oxygen atoms in total. The minimum atomic E-state index is -0.444. The Balaban J connectivity index is 1.18. The van der Waals surface area contributed by atoms with E-state index in [4.69, 9.17) is 4.74 Å². The van der Waals surface area contributed by atoms with Crippen molar-refractivity contribution in [3.05, 3.63) is 137 Å². The monoisotopic (exact) mass is 576 g/mol. The van der Waals surface area contributed by atoms with Gasteiger partial charge in [-0.1, -0.05) is 78.4 Å². The van der Waals surface area contributed by atoms with Crippen LogP contribution in [-0.4, -0.2) is 59.0 Å². The second kappa shape index (κ2) is 15.1. The molecule has 2 heterocycles. The average molecular weight is 577 g/mol. The summed E-state index contributed by atoms with van der Waals surface area (Å²) in [6.45, 7) is 5.98. The topological polar surface area (TPSA) is 74.8 Å². The van der Waals surface area contributed by atoms with Gasteiger partial charge in [-0.05, 0) is 66.7 Å². The fourth-order valence-corrected chi connectivity index (χ4v) is 5.49. The number of aryl methyl sites for hydroxylation is 1. The molecule has 0 radical (unpaired) electrons. The molecule has 0 spiro atoms. The lowest BCUT2D eigenvalue weighted by molar-refractivity contribution is 0.0589. The first kappa shape index (κ1) is 30.0. The van der Waals surface area contributed by atoms with E-state index in [1.54, 1.807) is 6.20 Å². The molecule has 2 aromatic carbocycles. The number of hydrogen-bond acceptors (Lipinski definition) is 5. The van der Waals surface area contributed by atoms with Crippen LogP contribution in [0.1, 0.15) is 46.3 Å². The first-order valence-corrected chi connectivity index (χ1v) is 15.0. The van der Waals surface area contributed by atoms with E-state index in [1.807, 2.05) is 85.9 Å². The Kier molecular flexibility index (Phi) is 10.5. The maximum atomic E-state index is 13.9. The highest BCUT2D eigenvalue weighted by molar-refractivity contribution is 5.94. The molecule has 5 rings (SSSR count). The first-order valence-electron chi connectivity index (χ1n) is 15.0. The third-order valence-corrected chi connectivity index (χ3v) is 7.98. The van der Waals surface area contributed by atoms with Crippen molar-refractivity contribution >= 4 is 12.0 Å². The fraction of sp³-hybridized carbons (Fsp3) is 0.306. The highest BCUT2D eigenvalue weighted by Crippen LogP contribution is 2.24. The van der Waals surface area contributed by atoms with Crippen LogP contribution in [0.25, 0.3) is 0 Å². The van der Waals surface area contributed by atoms with Gasteiger partial charge >= 0.3 is 6.09 Å². The van der Waals surface area contributed by atoms with Gasteiger partial charge in [-0.2, -0.15) is 0 Å². The Bertz CT molecular complexity index is 1440. The quantitative estimate of drug-likeness (QED) is 0.310. The van der Waals surface area contributed by atoms with Crippen molar-refractivity contribution in [2.45, 2.75) is 45.4 Å². The Morgan fingerprint density at radius 3 is 2.51 bits per heavy atom. The Hall–Kier alpha value is -4.49. The fourth-order valence-electron chi connectivity index (χ4n) is 5.49. The highest BCUT2D eigenvalue weighted by atomic mass is 16.5. The molecule has 0 atom stereocenters. The molecule has 7 heteroatoms. The van der Waals surface area contributed by atoms with Crippen molar-refractivity contribution in [1.82, 2.24) is 20.1 Å². The van der Waals surface area contributed by atoms with Gasteiger partial charge in [0.15, 0.2) is 0 Å². The van der Waals surface area contributed by atoms with Crippen LogP contribution in [0, 0.1) is 6.92 Å². The third kappa shape index (κ3) is 9.00. The van der Waals surface area contributed by atoms with Gasteiger partial charge in [0, 0.05) is 56.7 Å². The molecule has 1 aliphatic carbocycles. The van der Waals surface area contributed by atoms with Crippen LogP contribution in [0.3, 0.4) is 0 Å². The number of nitrogens with zero attached hydrogens (tertiary/aromatic N) is 3. The van der Waals surface area contributed by atoms with Gasteiger partial charge < -0.3 is 15.0 Å². The van der Waals surface area contributed by atoms with Gasteiger partial charge in [0.25, 0.3) is 5.91 Å². The molecule has 1 aromatic heterocycles. The number of carbonyl (C=O) groups excluding carboxylic acids is 2. The molecule has 1 aliphatic heterocycles. The second-order valence-corrected chi connectivity index (χ2v) is 11.3. The lowest BCUT2D eigenvalue weighted by atomic mass is 9.99. The number of aromatic nitrogens is 1. The van der Waals surface area contributed by atoms with Crippen molar-refractivity contribution in [2.24, 2.45) is 0 Å². The molecular formula is C36H40N4O3. The largest absolute Gasteiger partial charge is 0.445 e. The van der Waals surface area contributed by atoms with Crippen LogP contribution < -0.4 is 5.32 Å². The van der Waals surface area contributed by atoms with Crippen molar-refractivity contribution in [3.8, 4) is 0 Å². The minimum absolute atomic E-state index is 0.0758. The number of alkyl carbamates (subject to hydrolysis) is 1. The zero-order valence-corrected chi connectivity index (χ0v) is 24.8. The van der Waals surface area contributed by atoms with Gasteiger partial charge in [0.05, 0.1) is 0 Å². The Labute approximate surface area is 254 Å². The minimum Gasteiger partial charge on any atom is -0.445 e. The van der Waals surface area contributed by atoms with E-state index in [1.165, 1.54) is 5.56 Å². The van der Waals surface area contributed by atoms with Crippen molar-refractivity contribution in [2.75, 3.05) is 26.2 Å². The van der Waals surface area contributed by atoms with E-state index in [-0.39, 0.29) is 18.6 Å². The number of allylic oxidation sites excluding steroid dienone is 3. The molecule has 0 unspecified atom stereocenters. The first-order chi connectivity index (χ1) is 21.0. The normalized spacial score (nSPS) is 15.7. The summed E-state index contributed by atoms with van der Waals surface area (Å²) in [5.41, 5.74) is 6.19. The zero-order valence-electron chi connectivity index (χ0n) is 24.8. The summed E-state index contributed by atoms with van der Waals surface area (Å²) in [5, 5.41) is 2.85. The van der Waals surface area contributed by atoms with E-state index in [0.717, 1.165) is 60.3 Å². The number of pyridine rings is 1. The van der Waals surface area contributed by atoms with E-state index in [9.17, 15) is 9.59 Å². The van der Waals surface area contributed by atoms with Gasteiger partial charge in [0.2, 0.25) is 0 Å². The van der Waals surface area contributed by atoms with Crippen LogP contribution in [0.4, 0.5) is 4.79 Å². The number of amides is 2. The summed E-state index contributed by atoms with van der Waals surface area (Å²) < 4.78 is 5.34. The summed E-state index contributed by atoms with van der Waals surface area (Å²) in [6.07, 6.45) is 14.1. The van der Waals surface area contributed by atoms with Crippen LogP contribution >= 0.6 is 0 Å². The molecule has 1 saturated heterocycles. The molecule has 222 valence electrons. The number of carbonyl (C=O) groups is 2. The predicted octanol–water partition coefficient (Wildman–Crippen LogP) is 6.24. The Morgan fingerprint density at radius 2 is 1.77 bits per heavy atom. The predicted molar refractivity (Wildman–Crippen MR) is 169 cm³/mol. The van der Waals surface area contributed by atoms with Gasteiger partial charge in [-0.3, -0.25) is 14.7 Å². The van der Waals surface area contributed by atoms with Crippen LogP contribution in [-0.2, 0) is 17.9 Å². The molecule has 3 aromatic rings. The number of piperidine rings is 1. The number of likely N-dealkylation sites (tertiary alicyclic amines) is 1. The number of hydrogen-bond donors (Lipinski definition) is 1. The second-order valence-electron chi connectivity index (χ2n) is 11.3. The standard InChI is InChI=1S/C36H40N4O3/c1-28-12-16-33(17-13-28)35(41)40(34-18-21-39(22-19-34)25-32-11-6-20-37-23-32)26-30-10-5-9-29(14-15-30)24-38-36(42)43-27-31-7-3-2-4-8-31/h2-14,16-17,20,23,34H,15,18-19,21-22,24-27H2,1H3,(H,38,42). The number of nitrogens with one attached hydrogen (secondary N) is 1. The van der Waals surface area contributed by atoms with Gasteiger partial charge in [-0.15, -0.1) is 0 Å². The Morgan fingerprint density at radius 1 is 1.00 bits per heavy atom. The maximum Gasteiger partial charge on any atom is 0.407 e. The smallest absolute Gasteiger partial charge is 0.407 e. The molecule has 1 N–H and O–H groups in total. The van der Waals surface area contributed by atoms with E-state index >= 15 is 0 Å².